The van der Waals surface area contributed by atoms with E-state index in [1.807, 2.05) is 0 Å². The molecule has 0 unspecified atom stereocenters. The molecule has 0 saturated heterocycles. The molecule has 0 aromatic carbocycles. The molecular weight excluding hydrogens is 219 g/mol. The van der Waals surface area contributed by atoms with E-state index in [9.17, 15) is 13.2 Å². The van der Waals surface area contributed by atoms with Crippen LogP contribution in [0.4, 0.5) is 18.9 Å². The van der Waals surface area contributed by atoms with Crippen LogP contribution in [-0.4, -0.2) is 11.0 Å². The van der Waals surface area contributed by atoms with Crippen LogP contribution in [0.1, 0.15) is 25.1 Å². The molecule has 1 aromatic rings. The molecule has 1 rings (SSSR count). The highest BCUT2D eigenvalue weighted by atomic mass is 19.4. The molecule has 0 fully saturated rings. The van der Waals surface area contributed by atoms with Crippen LogP contribution in [0, 0.1) is 11.3 Å². The third-order valence-electron chi connectivity index (χ3n) is 1.78. The Morgan fingerprint density at radius 3 is 2.50 bits per heavy atom. The predicted octanol–water partition coefficient (Wildman–Crippen LogP) is 2.79. The van der Waals surface area contributed by atoms with Crippen molar-refractivity contribution in [3.8, 4) is 6.07 Å². The lowest BCUT2D eigenvalue weighted by Gasteiger charge is -2.16. The maximum absolute atomic E-state index is 12.7. The Labute approximate surface area is 90.9 Å². The molecule has 3 nitrogen and oxygen atoms in total. The molecule has 16 heavy (non-hydrogen) atoms. The van der Waals surface area contributed by atoms with Crippen LogP contribution < -0.4 is 5.32 Å². The highest BCUT2D eigenvalue weighted by Crippen LogP contribution is 2.36. The van der Waals surface area contributed by atoms with Crippen molar-refractivity contribution in [2.45, 2.75) is 26.1 Å². The van der Waals surface area contributed by atoms with Gasteiger partial charge in [-0.15, -0.1) is 0 Å². The first-order valence-corrected chi connectivity index (χ1v) is 4.59. The number of anilines is 1. The minimum atomic E-state index is -4.59. The quantitative estimate of drug-likeness (QED) is 0.848. The second-order valence-electron chi connectivity index (χ2n) is 3.49. The fourth-order valence-electron chi connectivity index (χ4n) is 1.26. The van der Waals surface area contributed by atoms with Crippen LogP contribution in [0.2, 0.25) is 0 Å². The lowest BCUT2D eigenvalue weighted by molar-refractivity contribution is -0.137. The van der Waals surface area contributed by atoms with Crippen molar-refractivity contribution >= 4 is 5.69 Å². The number of nitrogens with zero attached hydrogens (tertiary/aromatic N) is 2. The lowest BCUT2D eigenvalue weighted by Crippen LogP contribution is -2.17. The molecule has 1 heterocycles. The van der Waals surface area contributed by atoms with Gasteiger partial charge in [0, 0.05) is 12.2 Å². The van der Waals surface area contributed by atoms with Gasteiger partial charge >= 0.3 is 6.18 Å². The summed E-state index contributed by atoms with van der Waals surface area (Å²) in [7, 11) is 0. The van der Waals surface area contributed by atoms with Gasteiger partial charge < -0.3 is 5.32 Å². The zero-order valence-electron chi connectivity index (χ0n) is 8.76. The zero-order valence-corrected chi connectivity index (χ0v) is 8.76. The van der Waals surface area contributed by atoms with Gasteiger partial charge in [-0.2, -0.15) is 18.4 Å². The van der Waals surface area contributed by atoms with Crippen molar-refractivity contribution in [1.82, 2.24) is 4.98 Å². The topological polar surface area (TPSA) is 48.7 Å². The molecule has 0 aliphatic heterocycles. The fraction of sp³-hybridized carbons (Fsp3) is 0.400. The summed E-state index contributed by atoms with van der Waals surface area (Å²) < 4.78 is 38.1. The number of nitriles is 1. The highest BCUT2D eigenvalue weighted by molar-refractivity contribution is 5.57. The first-order valence-electron chi connectivity index (χ1n) is 4.59. The SMILES string of the molecule is CC(C)Nc1ccnc(C#N)c1C(F)(F)F. The van der Waals surface area contributed by atoms with Gasteiger partial charge in [0.25, 0.3) is 0 Å². The van der Waals surface area contributed by atoms with Crippen molar-refractivity contribution in [3.05, 3.63) is 23.5 Å². The molecule has 0 amide bonds. The summed E-state index contributed by atoms with van der Waals surface area (Å²) in [5, 5.41) is 11.2. The van der Waals surface area contributed by atoms with Crippen LogP contribution >= 0.6 is 0 Å². The standard InChI is InChI=1S/C10H10F3N3/c1-6(2)16-7-3-4-15-8(5-14)9(7)10(11,12)13/h3-4,6H,1-2H3,(H,15,16). The van der Waals surface area contributed by atoms with E-state index >= 15 is 0 Å². The van der Waals surface area contributed by atoms with Gasteiger partial charge in [-0.05, 0) is 19.9 Å². The number of alkyl halides is 3. The van der Waals surface area contributed by atoms with Crippen LogP contribution in [-0.2, 0) is 6.18 Å². The minimum Gasteiger partial charge on any atom is -0.382 e. The maximum Gasteiger partial charge on any atom is 0.421 e. The Kier molecular flexibility index (Phi) is 3.38. The van der Waals surface area contributed by atoms with Crippen molar-refractivity contribution in [2.75, 3.05) is 5.32 Å². The smallest absolute Gasteiger partial charge is 0.382 e. The molecule has 0 radical (unpaired) electrons. The third kappa shape index (κ3) is 2.63. The van der Waals surface area contributed by atoms with Gasteiger partial charge in [0.05, 0.1) is 5.69 Å². The van der Waals surface area contributed by atoms with Crippen LogP contribution in [0.25, 0.3) is 0 Å². The Morgan fingerprint density at radius 1 is 1.44 bits per heavy atom. The number of pyridine rings is 1. The molecule has 1 aromatic heterocycles. The summed E-state index contributed by atoms with van der Waals surface area (Å²) >= 11 is 0. The van der Waals surface area contributed by atoms with Gasteiger partial charge in [-0.3, -0.25) is 0 Å². The number of aromatic nitrogens is 1. The van der Waals surface area contributed by atoms with E-state index in [1.165, 1.54) is 18.3 Å². The number of hydrogen-bond acceptors (Lipinski definition) is 3. The van der Waals surface area contributed by atoms with Crippen molar-refractivity contribution < 1.29 is 13.2 Å². The normalized spacial score (nSPS) is 11.3. The summed E-state index contributed by atoms with van der Waals surface area (Å²) in [5.74, 6) is 0. The molecule has 0 atom stereocenters. The number of halogens is 3. The maximum atomic E-state index is 12.7. The Balaban J connectivity index is 3.34. The van der Waals surface area contributed by atoms with Gasteiger partial charge in [-0.1, -0.05) is 0 Å². The lowest BCUT2D eigenvalue weighted by atomic mass is 10.1. The van der Waals surface area contributed by atoms with Crippen molar-refractivity contribution in [1.29, 1.82) is 5.26 Å². The van der Waals surface area contributed by atoms with E-state index in [-0.39, 0.29) is 11.7 Å². The molecule has 0 aliphatic carbocycles. The molecule has 0 saturated carbocycles. The van der Waals surface area contributed by atoms with E-state index in [2.05, 4.69) is 10.3 Å². The summed E-state index contributed by atoms with van der Waals surface area (Å²) in [6.07, 6.45) is -3.41. The Bertz CT molecular complexity index is 418. The van der Waals surface area contributed by atoms with Crippen molar-refractivity contribution in [3.63, 3.8) is 0 Å². The molecular formula is C10H10F3N3. The fourth-order valence-corrected chi connectivity index (χ4v) is 1.26. The Hall–Kier alpha value is -1.77. The van der Waals surface area contributed by atoms with Gasteiger partial charge in [-0.25, -0.2) is 4.98 Å². The molecule has 6 heteroatoms. The highest BCUT2D eigenvalue weighted by Gasteiger charge is 2.37. The van der Waals surface area contributed by atoms with E-state index in [0.717, 1.165) is 0 Å². The van der Waals surface area contributed by atoms with E-state index in [4.69, 9.17) is 5.26 Å². The van der Waals surface area contributed by atoms with E-state index < -0.39 is 17.4 Å². The largest absolute Gasteiger partial charge is 0.421 e. The molecule has 0 bridgehead atoms. The summed E-state index contributed by atoms with van der Waals surface area (Å²) in [5.41, 5.74) is -1.74. The first-order chi connectivity index (χ1) is 7.36. The summed E-state index contributed by atoms with van der Waals surface area (Å²) in [6.45, 7) is 3.43. The van der Waals surface area contributed by atoms with E-state index in [1.54, 1.807) is 13.8 Å². The molecule has 0 aliphatic rings. The first kappa shape index (κ1) is 12.3. The molecule has 0 spiro atoms. The van der Waals surface area contributed by atoms with Gasteiger partial charge in [0.15, 0.2) is 5.69 Å². The monoisotopic (exact) mass is 229 g/mol. The Morgan fingerprint density at radius 2 is 2.06 bits per heavy atom. The molecule has 86 valence electrons. The predicted molar refractivity (Wildman–Crippen MR) is 52.7 cm³/mol. The second kappa shape index (κ2) is 4.39. The minimum absolute atomic E-state index is 0.117. The van der Waals surface area contributed by atoms with E-state index in [0.29, 0.717) is 0 Å². The van der Waals surface area contributed by atoms with Gasteiger partial charge in [0.1, 0.15) is 11.6 Å². The van der Waals surface area contributed by atoms with Crippen molar-refractivity contribution in [2.24, 2.45) is 0 Å². The van der Waals surface area contributed by atoms with Crippen LogP contribution in [0.5, 0.6) is 0 Å². The number of rotatable bonds is 2. The van der Waals surface area contributed by atoms with Gasteiger partial charge in [0.2, 0.25) is 0 Å². The summed E-state index contributed by atoms with van der Waals surface area (Å²) in [4.78, 5) is 3.41. The second-order valence-corrected chi connectivity index (χ2v) is 3.49. The summed E-state index contributed by atoms with van der Waals surface area (Å²) in [6, 6.07) is 2.50. The zero-order chi connectivity index (χ0) is 12.3. The van der Waals surface area contributed by atoms with Crippen LogP contribution in [0.15, 0.2) is 12.3 Å². The number of nitrogens with one attached hydrogen (secondary N) is 1. The number of hydrogen-bond donors (Lipinski definition) is 1. The third-order valence-corrected chi connectivity index (χ3v) is 1.78. The molecule has 1 N–H and O–H groups in total. The average molecular weight is 229 g/mol. The van der Waals surface area contributed by atoms with Crippen LogP contribution in [0.3, 0.4) is 0 Å². The average Bonchev–Trinajstić information content (AvgIpc) is 2.14.